The Morgan fingerprint density at radius 1 is 1.04 bits per heavy atom. The van der Waals surface area contributed by atoms with E-state index in [9.17, 15) is 14.7 Å². The monoisotopic (exact) mass is 376 g/mol. The van der Waals surface area contributed by atoms with Crippen molar-refractivity contribution >= 4 is 23.5 Å². The van der Waals surface area contributed by atoms with Crippen LogP contribution in [0.25, 0.3) is 0 Å². The van der Waals surface area contributed by atoms with Crippen LogP contribution in [0, 0.1) is 0 Å². The summed E-state index contributed by atoms with van der Waals surface area (Å²) in [7, 11) is 0. The summed E-state index contributed by atoms with van der Waals surface area (Å²) >= 11 is 5.79. The second-order valence-corrected chi connectivity index (χ2v) is 5.88. The number of aliphatic carboxylic acids is 1. The number of rotatable bonds is 9. The molecule has 2 aromatic rings. The van der Waals surface area contributed by atoms with E-state index in [2.05, 4.69) is 5.32 Å². The number of hydrogen-bond donors (Lipinski definition) is 1. The first-order valence-corrected chi connectivity index (χ1v) is 8.46. The number of nitrogens with one attached hydrogen (secondary N) is 1. The van der Waals surface area contributed by atoms with E-state index in [1.165, 1.54) is 0 Å². The summed E-state index contributed by atoms with van der Waals surface area (Å²) in [5.74, 6) is -0.550. The first kappa shape index (κ1) is 19.6. The van der Waals surface area contributed by atoms with Gasteiger partial charge >= 0.3 is 0 Å². The molecule has 0 aliphatic heterocycles. The van der Waals surface area contributed by atoms with Gasteiger partial charge in [0.25, 0.3) is 5.91 Å². The van der Waals surface area contributed by atoms with Gasteiger partial charge in [0.05, 0.1) is 12.6 Å². The number of carbonyl (C=O) groups excluding carboxylic acids is 2. The van der Waals surface area contributed by atoms with Crippen LogP contribution < -0.4 is 19.9 Å². The number of carboxylic acid groups (broad SMARTS) is 1. The van der Waals surface area contributed by atoms with Gasteiger partial charge < -0.3 is 24.7 Å². The summed E-state index contributed by atoms with van der Waals surface area (Å²) in [6, 6.07) is 12.7. The van der Waals surface area contributed by atoms with E-state index in [0.717, 1.165) is 0 Å². The van der Waals surface area contributed by atoms with Crippen LogP contribution in [0.3, 0.4) is 0 Å². The van der Waals surface area contributed by atoms with Crippen LogP contribution in [0.4, 0.5) is 0 Å². The molecule has 0 spiro atoms. The summed E-state index contributed by atoms with van der Waals surface area (Å²) in [5, 5.41) is 14.2. The molecule has 0 fully saturated rings. The number of carboxylic acids is 1. The second-order valence-electron chi connectivity index (χ2n) is 5.44. The molecule has 138 valence electrons. The lowest BCUT2D eigenvalue weighted by Crippen LogP contribution is -2.36. The average Bonchev–Trinajstić information content (AvgIpc) is 2.61. The van der Waals surface area contributed by atoms with Gasteiger partial charge in [0, 0.05) is 17.4 Å². The largest absolute Gasteiger partial charge is 0.550 e. The van der Waals surface area contributed by atoms with Crippen molar-refractivity contribution in [1.82, 2.24) is 5.32 Å². The van der Waals surface area contributed by atoms with Crippen molar-refractivity contribution in [3.63, 3.8) is 0 Å². The molecule has 0 saturated heterocycles. The smallest absolute Gasteiger partial charge is 0.258 e. The lowest BCUT2D eigenvalue weighted by atomic mass is 10.0. The van der Waals surface area contributed by atoms with Crippen LogP contribution in [0.5, 0.6) is 11.5 Å². The van der Waals surface area contributed by atoms with Crippen molar-refractivity contribution in [2.75, 3.05) is 13.2 Å². The van der Waals surface area contributed by atoms with E-state index >= 15 is 0 Å². The maximum atomic E-state index is 12.1. The maximum Gasteiger partial charge on any atom is 0.258 e. The van der Waals surface area contributed by atoms with E-state index in [1.54, 1.807) is 48.5 Å². The summed E-state index contributed by atoms with van der Waals surface area (Å²) in [6.07, 6.45) is -0.347. The first-order valence-electron chi connectivity index (χ1n) is 8.08. The second kappa shape index (κ2) is 9.68. The van der Waals surface area contributed by atoms with E-state index < -0.39 is 17.9 Å². The summed E-state index contributed by atoms with van der Waals surface area (Å²) in [5.41, 5.74) is 0.637. The Morgan fingerprint density at radius 2 is 1.62 bits per heavy atom. The zero-order chi connectivity index (χ0) is 18.9. The Balaban J connectivity index is 1.98. The van der Waals surface area contributed by atoms with Crippen LogP contribution in [0.15, 0.2) is 48.5 Å². The van der Waals surface area contributed by atoms with Crippen molar-refractivity contribution < 1.29 is 24.2 Å². The third-order valence-electron chi connectivity index (χ3n) is 3.48. The van der Waals surface area contributed by atoms with Crippen LogP contribution in [0.2, 0.25) is 5.02 Å². The van der Waals surface area contributed by atoms with Gasteiger partial charge in [-0.3, -0.25) is 4.79 Å². The molecule has 2 aromatic carbocycles. The zero-order valence-electron chi connectivity index (χ0n) is 14.2. The molecule has 0 bridgehead atoms. The lowest BCUT2D eigenvalue weighted by molar-refractivity contribution is -0.306. The third-order valence-corrected chi connectivity index (χ3v) is 3.74. The molecule has 0 aromatic heterocycles. The molecule has 0 aliphatic carbocycles. The van der Waals surface area contributed by atoms with Gasteiger partial charge in [0.1, 0.15) is 11.5 Å². The Labute approximate surface area is 156 Å². The Bertz CT molecular complexity index is 731. The van der Waals surface area contributed by atoms with Crippen molar-refractivity contribution in [2.45, 2.75) is 19.4 Å². The number of amides is 1. The third kappa shape index (κ3) is 6.29. The number of halogens is 1. The molecule has 0 unspecified atom stereocenters. The minimum atomic E-state index is -1.26. The number of hydrogen-bond acceptors (Lipinski definition) is 5. The van der Waals surface area contributed by atoms with Crippen molar-refractivity contribution in [1.29, 1.82) is 0 Å². The zero-order valence-corrected chi connectivity index (χ0v) is 15.0. The highest BCUT2D eigenvalue weighted by molar-refractivity contribution is 6.30. The molecule has 26 heavy (non-hydrogen) atoms. The van der Waals surface area contributed by atoms with Crippen LogP contribution in [-0.2, 0) is 9.59 Å². The van der Waals surface area contributed by atoms with E-state index in [4.69, 9.17) is 21.1 Å². The van der Waals surface area contributed by atoms with Gasteiger partial charge in [0.2, 0.25) is 0 Å². The van der Waals surface area contributed by atoms with Gasteiger partial charge in [0.15, 0.2) is 6.61 Å². The predicted octanol–water partition coefficient (Wildman–Crippen LogP) is 2.11. The highest BCUT2D eigenvalue weighted by Crippen LogP contribution is 2.21. The van der Waals surface area contributed by atoms with Gasteiger partial charge in [-0.05, 0) is 48.9 Å². The molecule has 0 saturated carbocycles. The fraction of sp³-hybridized carbons (Fsp3) is 0.263. The molecular weight excluding hydrogens is 358 g/mol. The first-order chi connectivity index (χ1) is 12.5. The topological polar surface area (TPSA) is 87.7 Å². The van der Waals surface area contributed by atoms with Crippen molar-refractivity contribution in [3.8, 4) is 11.5 Å². The van der Waals surface area contributed by atoms with Crippen LogP contribution in [0.1, 0.15) is 24.9 Å². The average molecular weight is 377 g/mol. The molecule has 0 aliphatic rings. The van der Waals surface area contributed by atoms with Crippen LogP contribution >= 0.6 is 11.6 Å². The fourth-order valence-electron chi connectivity index (χ4n) is 2.30. The van der Waals surface area contributed by atoms with E-state index in [1.807, 2.05) is 6.92 Å². The minimum absolute atomic E-state index is 0.248. The summed E-state index contributed by atoms with van der Waals surface area (Å²) < 4.78 is 10.7. The predicted molar refractivity (Wildman–Crippen MR) is 95.1 cm³/mol. The molecule has 7 heteroatoms. The number of ether oxygens (including phenoxy) is 2. The highest BCUT2D eigenvalue weighted by atomic mass is 35.5. The normalized spacial score (nSPS) is 11.5. The van der Waals surface area contributed by atoms with E-state index in [0.29, 0.717) is 28.7 Å². The number of carbonyl (C=O) groups is 2. The molecule has 1 atom stereocenters. The Kier molecular flexibility index (Phi) is 7.29. The molecule has 1 N–H and O–H groups in total. The maximum absolute atomic E-state index is 12.1. The summed E-state index contributed by atoms with van der Waals surface area (Å²) in [4.78, 5) is 23.1. The Hall–Kier alpha value is -2.73. The molecule has 2 rings (SSSR count). The number of benzene rings is 2. The quantitative estimate of drug-likeness (QED) is 0.724. The minimum Gasteiger partial charge on any atom is -0.550 e. The lowest BCUT2D eigenvalue weighted by Gasteiger charge is -2.20. The Morgan fingerprint density at radius 3 is 2.19 bits per heavy atom. The fourth-order valence-corrected chi connectivity index (χ4v) is 2.42. The van der Waals surface area contributed by atoms with Gasteiger partial charge in [-0.2, -0.15) is 0 Å². The van der Waals surface area contributed by atoms with E-state index in [-0.39, 0.29) is 13.0 Å². The van der Waals surface area contributed by atoms with Crippen molar-refractivity contribution in [2.24, 2.45) is 0 Å². The highest BCUT2D eigenvalue weighted by Gasteiger charge is 2.16. The van der Waals surface area contributed by atoms with Crippen LogP contribution in [-0.4, -0.2) is 25.1 Å². The molecular formula is C19H19ClNO5-. The molecule has 1 amide bonds. The molecule has 0 heterocycles. The van der Waals surface area contributed by atoms with Gasteiger partial charge in [-0.15, -0.1) is 0 Å². The standard InChI is InChI=1S/C19H20ClNO5/c1-2-25-15-7-3-13(4-8-15)17(11-19(23)24)21-18(22)12-26-16-9-5-14(20)6-10-16/h3-10,17H,2,11-12H2,1H3,(H,21,22)(H,23,24)/p-1/t17-/m1/s1. The van der Waals surface area contributed by atoms with Gasteiger partial charge in [-0.1, -0.05) is 23.7 Å². The summed E-state index contributed by atoms with van der Waals surface area (Å²) in [6.45, 7) is 2.15. The van der Waals surface area contributed by atoms with Gasteiger partial charge in [-0.25, -0.2) is 0 Å². The van der Waals surface area contributed by atoms with Crippen molar-refractivity contribution in [3.05, 3.63) is 59.1 Å². The SMILES string of the molecule is CCOc1ccc([C@@H](CC(=O)[O-])NC(=O)COc2ccc(Cl)cc2)cc1. The molecule has 0 radical (unpaired) electrons. The molecule has 6 nitrogen and oxygen atoms in total.